The normalized spacial score (nSPS) is 17.5. The van der Waals surface area contributed by atoms with Crippen LogP contribution < -0.4 is 16.4 Å². The minimum absolute atomic E-state index is 0.0194. The van der Waals surface area contributed by atoms with Crippen molar-refractivity contribution < 1.29 is 34.2 Å². The van der Waals surface area contributed by atoms with Crippen LogP contribution in [-0.2, 0) is 36.8 Å². The molecule has 0 aliphatic carbocycles. The first-order valence-corrected chi connectivity index (χ1v) is 11.7. The number of hydrogen-bond acceptors (Lipinski definition) is 8. The van der Waals surface area contributed by atoms with Gasteiger partial charge in [-0.25, -0.2) is 14.8 Å². The molecule has 15 nitrogen and oxygen atoms in total. The maximum absolute atomic E-state index is 13.5. The van der Waals surface area contributed by atoms with Crippen LogP contribution in [0.4, 0.5) is 0 Å². The Morgan fingerprint density at radius 1 is 1.03 bits per heavy atom. The van der Waals surface area contributed by atoms with Gasteiger partial charge in [0.15, 0.2) is 0 Å². The van der Waals surface area contributed by atoms with E-state index in [1.807, 2.05) is 0 Å². The van der Waals surface area contributed by atoms with E-state index < -0.39 is 53.8 Å². The molecule has 37 heavy (non-hydrogen) atoms. The van der Waals surface area contributed by atoms with Gasteiger partial charge in [-0.15, -0.1) is 0 Å². The van der Waals surface area contributed by atoms with E-state index in [0.29, 0.717) is 24.2 Å². The number of rotatable bonds is 13. The van der Waals surface area contributed by atoms with Gasteiger partial charge in [0, 0.05) is 49.6 Å². The quantitative estimate of drug-likeness (QED) is 0.156. The van der Waals surface area contributed by atoms with Crippen LogP contribution in [0, 0.1) is 0 Å². The molecule has 4 atom stereocenters. The summed E-state index contributed by atoms with van der Waals surface area (Å²) in [5, 5.41) is 23.5. The van der Waals surface area contributed by atoms with Crippen LogP contribution in [0.1, 0.15) is 37.1 Å². The van der Waals surface area contributed by atoms with Gasteiger partial charge in [-0.2, -0.15) is 0 Å². The fourth-order valence-electron chi connectivity index (χ4n) is 4.09. The van der Waals surface area contributed by atoms with Gasteiger partial charge < -0.3 is 41.4 Å². The van der Waals surface area contributed by atoms with Crippen LogP contribution in [0.25, 0.3) is 0 Å². The molecule has 0 bridgehead atoms. The standard InChI is InChI=1S/C22H30N8O7/c23-14(3-4-18(31)32)19(33)28-15(6-12-8-24-10-26-12)21(35)30-5-1-2-17(30)20(34)29-16(22(36)37)7-13-9-25-11-27-13/h8-11,14-17H,1-7,23H2,(H,24,26)(H,25,27)(H,28,33)(H,29,34)(H,31,32)(H,36,37). The number of nitrogens with zero attached hydrogens (tertiary/aromatic N) is 3. The van der Waals surface area contributed by atoms with Gasteiger partial charge in [0.1, 0.15) is 18.1 Å². The maximum Gasteiger partial charge on any atom is 0.326 e. The summed E-state index contributed by atoms with van der Waals surface area (Å²) in [4.78, 5) is 76.4. The molecule has 2 aromatic rings. The monoisotopic (exact) mass is 518 g/mol. The molecule has 2 aromatic heterocycles. The number of aromatic amines is 2. The number of carbonyl (C=O) groups excluding carboxylic acids is 3. The minimum Gasteiger partial charge on any atom is -0.481 e. The molecule has 1 aliphatic heterocycles. The van der Waals surface area contributed by atoms with Gasteiger partial charge in [-0.1, -0.05) is 0 Å². The number of aliphatic carboxylic acids is 2. The fourth-order valence-corrected chi connectivity index (χ4v) is 4.09. The number of carboxylic acids is 2. The summed E-state index contributed by atoms with van der Waals surface area (Å²) in [7, 11) is 0. The molecular formula is C22H30N8O7. The minimum atomic E-state index is -1.24. The van der Waals surface area contributed by atoms with Crippen molar-refractivity contribution in [3.63, 3.8) is 0 Å². The van der Waals surface area contributed by atoms with E-state index in [1.165, 1.54) is 29.9 Å². The number of likely N-dealkylation sites (tertiary alicyclic amines) is 1. The summed E-state index contributed by atoms with van der Waals surface area (Å²) < 4.78 is 0. The summed E-state index contributed by atoms with van der Waals surface area (Å²) in [6.45, 7) is 0.232. The Bertz CT molecular complexity index is 1090. The molecule has 3 rings (SSSR count). The summed E-state index contributed by atoms with van der Waals surface area (Å²) in [5.41, 5.74) is 6.87. The summed E-state index contributed by atoms with van der Waals surface area (Å²) in [6.07, 6.45) is 6.15. The molecule has 3 heterocycles. The Morgan fingerprint density at radius 2 is 1.65 bits per heavy atom. The SMILES string of the molecule is NC(CCC(=O)O)C(=O)NC(Cc1cnc[nH]1)C(=O)N1CCCC1C(=O)NC(Cc1cnc[nH]1)C(=O)O. The van der Waals surface area contributed by atoms with E-state index in [1.54, 1.807) is 0 Å². The van der Waals surface area contributed by atoms with Crippen LogP contribution in [0.3, 0.4) is 0 Å². The number of carboxylic acid groups (broad SMARTS) is 2. The predicted molar refractivity (Wildman–Crippen MR) is 126 cm³/mol. The molecule has 0 radical (unpaired) electrons. The van der Waals surface area contributed by atoms with Crippen LogP contribution >= 0.6 is 0 Å². The highest BCUT2D eigenvalue weighted by Crippen LogP contribution is 2.20. The third-order valence-electron chi connectivity index (χ3n) is 6.03. The van der Waals surface area contributed by atoms with Crippen LogP contribution in [0.2, 0.25) is 0 Å². The summed E-state index contributed by atoms with van der Waals surface area (Å²) >= 11 is 0. The topological polar surface area (TPSA) is 236 Å². The van der Waals surface area contributed by atoms with E-state index in [4.69, 9.17) is 10.8 Å². The third kappa shape index (κ3) is 7.60. The first-order valence-electron chi connectivity index (χ1n) is 11.7. The second kappa shape index (κ2) is 12.6. The molecule has 0 saturated carbocycles. The van der Waals surface area contributed by atoms with Crippen molar-refractivity contribution in [2.24, 2.45) is 5.73 Å². The van der Waals surface area contributed by atoms with Crippen molar-refractivity contribution in [2.45, 2.75) is 62.7 Å². The first-order chi connectivity index (χ1) is 17.7. The molecule has 8 N–H and O–H groups in total. The molecule has 15 heteroatoms. The van der Waals surface area contributed by atoms with E-state index >= 15 is 0 Å². The number of H-pyrrole nitrogens is 2. The van der Waals surface area contributed by atoms with E-state index in [2.05, 4.69) is 30.6 Å². The van der Waals surface area contributed by atoms with Crippen LogP contribution in [0.5, 0.6) is 0 Å². The zero-order valence-corrected chi connectivity index (χ0v) is 19.9. The lowest BCUT2D eigenvalue weighted by molar-refractivity contribution is -0.145. The Kier molecular flexibility index (Phi) is 9.32. The summed E-state index contributed by atoms with van der Waals surface area (Å²) in [6, 6.07) is -4.43. The Hall–Kier alpha value is -4.27. The van der Waals surface area contributed by atoms with Crippen molar-refractivity contribution in [3.8, 4) is 0 Å². The predicted octanol–water partition coefficient (Wildman–Crippen LogP) is -1.84. The average Bonchev–Trinajstić information content (AvgIpc) is 3.64. The van der Waals surface area contributed by atoms with E-state index in [9.17, 15) is 29.1 Å². The highest BCUT2D eigenvalue weighted by molar-refractivity contribution is 5.94. The van der Waals surface area contributed by atoms with E-state index in [-0.39, 0.29) is 32.2 Å². The molecule has 1 aliphatic rings. The number of aromatic nitrogens is 4. The molecule has 0 aromatic carbocycles. The zero-order chi connectivity index (χ0) is 26.9. The van der Waals surface area contributed by atoms with Crippen LogP contribution in [-0.4, -0.2) is 95.4 Å². The van der Waals surface area contributed by atoms with Gasteiger partial charge in [0.05, 0.1) is 18.7 Å². The molecule has 1 saturated heterocycles. The smallest absolute Gasteiger partial charge is 0.326 e. The molecule has 1 fully saturated rings. The fraction of sp³-hybridized carbons (Fsp3) is 0.500. The lowest BCUT2D eigenvalue weighted by Gasteiger charge is -2.29. The largest absolute Gasteiger partial charge is 0.481 e. The second-order valence-electron chi connectivity index (χ2n) is 8.75. The second-order valence-corrected chi connectivity index (χ2v) is 8.75. The highest BCUT2D eigenvalue weighted by Gasteiger charge is 2.39. The number of hydrogen-bond donors (Lipinski definition) is 7. The van der Waals surface area contributed by atoms with Gasteiger partial charge in [0.25, 0.3) is 0 Å². The van der Waals surface area contributed by atoms with Gasteiger partial charge in [0.2, 0.25) is 17.7 Å². The maximum atomic E-state index is 13.5. The van der Waals surface area contributed by atoms with Crippen molar-refractivity contribution >= 4 is 29.7 Å². The van der Waals surface area contributed by atoms with Gasteiger partial charge in [-0.05, 0) is 19.3 Å². The lowest BCUT2D eigenvalue weighted by atomic mass is 10.1. The Morgan fingerprint density at radius 3 is 2.19 bits per heavy atom. The summed E-state index contributed by atoms with van der Waals surface area (Å²) in [5.74, 6) is -4.22. The van der Waals surface area contributed by atoms with Gasteiger partial charge in [-0.3, -0.25) is 19.2 Å². The van der Waals surface area contributed by atoms with E-state index in [0.717, 1.165) is 0 Å². The third-order valence-corrected chi connectivity index (χ3v) is 6.03. The van der Waals surface area contributed by atoms with Gasteiger partial charge >= 0.3 is 11.9 Å². The Labute approximate surface area is 211 Å². The number of nitrogens with one attached hydrogen (secondary N) is 4. The molecule has 4 unspecified atom stereocenters. The average molecular weight is 519 g/mol. The number of amides is 3. The molecule has 3 amide bonds. The lowest BCUT2D eigenvalue weighted by Crippen LogP contribution is -2.57. The molecule has 200 valence electrons. The number of imidazole rings is 2. The van der Waals surface area contributed by atoms with Crippen molar-refractivity contribution in [3.05, 3.63) is 36.4 Å². The first kappa shape index (κ1) is 27.3. The zero-order valence-electron chi connectivity index (χ0n) is 19.9. The number of nitrogens with two attached hydrogens (primary N) is 1. The molecular weight excluding hydrogens is 488 g/mol. The van der Waals surface area contributed by atoms with Crippen molar-refractivity contribution in [2.75, 3.05) is 6.54 Å². The van der Waals surface area contributed by atoms with Crippen molar-refractivity contribution in [1.82, 2.24) is 35.5 Å². The van der Waals surface area contributed by atoms with Crippen molar-refractivity contribution in [1.29, 1.82) is 0 Å². The number of carbonyl (C=O) groups is 5. The highest BCUT2D eigenvalue weighted by atomic mass is 16.4. The molecule has 0 spiro atoms. The van der Waals surface area contributed by atoms with Crippen LogP contribution in [0.15, 0.2) is 25.0 Å². The Balaban J connectivity index is 1.71.